The number of rotatable bonds is 9. The molecule has 0 aliphatic rings. The van der Waals surface area contributed by atoms with E-state index in [1.807, 2.05) is 24.3 Å². The van der Waals surface area contributed by atoms with E-state index >= 15 is 0 Å². The molecule has 0 aliphatic carbocycles. The smallest absolute Gasteiger partial charge is 0.260 e. The van der Waals surface area contributed by atoms with Gasteiger partial charge in [-0.25, -0.2) is 0 Å². The summed E-state index contributed by atoms with van der Waals surface area (Å²) in [4.78, 5) is 13.6. The minimum atomic E-state index is -0.158. The van der Waals surface area contributed by atoms with Gasteiger partial charge >= 0.3 is 0 Å². The zero-order chi connectivity index (χ0) is 15.7. The van der Waals surface area contributed by atoms with Crippen molar-refractivity contribution in [3.05, 3.63) is 29.8 Å². The Bertz CT molecular complexity index is 417. The number of amides is 1. The first-order chi connectivity index (χ1) is 10.1. The highest BCUT2D eigenvalue weighted by atomic mass is 16.5. The molecule has 0 unspecified atom stereocenters. The Labute approximate surface area is 126 Å². The lowest BCUT2D eigenvalue weighted by atomic mass is 10.0. The van der Waals surface area contributed by atoms with Crippen molar-refractivity contribution < 1.29 is 19.4 Å². The van der Waals surface area contributed by atoms with Crippen molar-refractivity contribution >= 4 is 5.91 Å². The molecule has 118 valence electrons. The lowest BCUT2D eigenvalue weighted by Gasteiger charge is -2.21. The summed E-state index contributed by atoms with van der Waals surface area (Å²) in [5, 5.41) is 8.98. The molecule has 1 aromatic rings. The molecule has 1 N–H and O–H groups in total. The van der Waals surface area contributed by atoms with E-state index in [9.17, 15) is 4.79 Å². The van der Waals surface area contributed by atoms with Gasteiger partial charge in [-0.3, -0.25) is 4.79 Å². The summed E-state index contributed by atoms with van der Waals surface area (Å²) in [6.45, 7) is 5.32. The van der Waals surface area contributed by atoms with Gasteiger partial charge in [-0.15, -0.1) is 0 Å². The highest BCUT2D eigenvalue weighted by Crippen LogP contribution is 2.18. The average Bonchev–Trinajstić information content (AvgIpc) is 2.49. The molecule has 0 fully saturated rings. The van der Waals surface area contributed by atoms with Crippen LogP contribution in [-0.4, -0.2) is 55.9 Å². The van der Waals surface area contributed by atoms with Crippen LogP contribution in [0, 0.1) is 0 Å². The number of hydrogen-bond acceptors (Lipinski definition) is 4. The lowest BCUT2D eigenvalue weighted by molar-refractivity contribution is -0.134. The molecule has 0 radical (unpaired) electrons. The van der Waals surface area contributed by atoms with Gasteiger partial charge in [0.25, 0.3) is 5.91 Å². The Morgan fingerprint density at radius 3 is 2.43 bits per heavy atom. The van der Waals surface area contributed by atoms with E-state index in [0.717, 1.165) is 0 Å². The van der Waals surface area contributed by atoms with Gasteiger partial charge in [0.05, 0.1) is 13.2 Å². The second-order valence-electron chi connectivity index (χ2n) is 5.11. The molecule has 1 aromatic carbocycles. The van der Waals surface area contributed by atoms with Crippen LogP contribution < -0.4 is 4.74 Å². The van der Waals surface area contributed by atoms with Gasteiger partial charge in [-0.1, -0.05) is 26.0 Å². The number of aliphatic hydroxyl groups excluding tert-OH is 1. The van der Waals surface area contributed by atoms with E-state index in [1.165, 1.54) is 10.5 Å². The number of nitrogens with zero attached hydrogens (tertiary/aromatic N) is 1. The van der Waals surface area contributed by atoms with Gasteiger partial charge in [0.2, 0.25) is 0 Å². The van der Waals surface area contributed by atoms with Gasteiger partial charge in [0, 0.05) is 20.2 Å². The van der Waals surface area contributed by atoms with Crippen molar-refractivity contribution in [2.45, 2.75) is 19.8 Å². The maximum Gasteiger partial charge on any atom is 0.260 e. The van der Waals surface area contributed by atoms with Crippen LogP contribution in [0.5, 0.6) is 5.75 Å². The fraction of sp³-hybridized carbons (Fsp3) is 0.562. The molecule has 0 heterocycles. The molecule has 5 heteroatoms. The summed E-state index contributed by atoms with van der Waals surface area (Å²) >= 11 is 0. The van der Waals surface area contributed by atoms with Crippen LogP contribution in [0.4, 0.5) is 0 Å². The minimum absolute atomic E-state index is 0.0370. The maximum absolute atomic E-state index is 12.0. The molecule has 0 spiro atoms. The number of aliphatic hydroxyl groups is 1. The third-order valence-corrected chi connectivity index (χ3v) is 3.20. The highest BCUT2D eigenvalue weighted by Gasteiger charge is 2.13. The van der Waals surface area contributed by atoms with Crippen molar-refractivity contribution in [3.8, 4) is 5.75 Å². The van der Waals surface area contributed by atoms with Crippen molar-refractivity contribution in [3.63, 3.8) is 0 Å². The SMILES string of the molecule is COCCN(CCO)C(=O)COc1ccc(C(C)C)cc1. The van der Waals surface area contributed by atoms with Crippen LogP contribution in [0.3, 0.4) is 0 Å². The molecule has 0 aliphatic heterocycles. The van der Waals surface area contributed by atoms with E-state index < -0.39 is 0 Å². The fourth-order valence-electron chi connectivity index (χ4n) is 1.87. The molecule has 0 saturated carbocycles. The molecule has 1 rings (SSSR count). The summed E-state index contributed by atoms with van der Waals surface area (Å²) < 4.78 is 10.4. The molecule has 5 nitrogen and oxygen atoms in total. The number of carbonyl (C=O) groups is 1. The molecule has 21 heavy (non-hydrogen) atoms. The van der Waals surface area contributed by atoms with E-state index in [0.29, 0.717) is 24.8 Å². The summed E-state index contributed by atoms with van der Waals surface area (Å²) in [6.07, 6.45) is 0. The van der Waals surface area contributed by atoms with Crippen LogP contribution in [-0.2, 0) is 9.53 Å². The molecular weight excluding hydrogens is 270 g/mol. The molecule has 0 aromatic heterocycles. The van der Waals surface area contributed by atoms with Gasteiger partial charge in [0.15, 0.2) is 6.61 Å². The Hall–Kier alpha value is -1.59. The van der Waals surface area contributed by atoms with Gasteiger partial charge < -0.3 is 19.5 Å². The molecular formula is C16H25NO4. The van der Waals surface area contributed by atoms with Crippen molar-refractivity contribution in [1.29, 1.82) is 0 Å². The summed E-state index contributed by atoms with van der Waals surface area (Å²) in [7, 11) is 1.58. The predicted octanol–water partition coefficient (Wildman–Crippen LogP) is 1.66. The second-order valence-corrected chi connectivity index (χ2v) is 5.11. The minimum Gasteiger partial charge on any atom is -0.484 e. The lowest BCUT2D eigenvalue weighted by Crippen LogP contribution is -2.39. The van der Waals surface area contributed by atoms with Crippen LogP contribution >= 0.6 is 0 Å². The standard InChI is InChI=1S/C16H25NO4/c1-13(2)14-4-6-15(7-5-14)21-12-16(19)17(8-10-18)9-11-20-3/h4-7,13,18H,8-12H2,1-3H3. The van der Waals surface area contributed by atoms with Gasteiger partial charge in [-0.2, -0.15) is 0 Å². The first-order valence-corrected chi connectivity index (χ1v) is 7.18. The highest BCUT2D eigenvalue weighted by molar-refractivity contribution is 5.77. The predicted molar refractivity (Wildman–Crippen MR) is 81.6 cm³/mol. The van der Waals surface area contributed by atoms with Crippen LogP contribution in [0.1, 0.15) is 25.3 Å². The normalized spacial score (nSPS) is 10.7. The molecule has 0 saturated heterocycles. The second kappa shape index (κ2) is 9.37. The van der Waals surface area contributed by atoms with Crippen molar-refractivity contribution in [2.75, 3.05) is 40.0 Å². The number of carbonyl (C=O) groups excluding carboxylic acids is 1. The number of hydrogen-bond donors (Lipinski definition) is 1. The Kier molecular flexibility index (Phi) is 7.79. The quantitative estimate of drug-likeness (QED) is 0.752. The van der Waals surface area contributed by atoms with Crippen molar-refractivity contribution in [1.82, 2.24) is 4.90 Å². The third kappa shape index (κ3) is 6.14. The Morgan fingerprint density at radius 2 is 1.90 bits per heavy atom. The molecule has 0 atom stereocenters. The first kappa shape index (κ1) is 17.5. The van der Waals surface area contributed by atoms with E-state index in [-0.39, 0.29) is 25.7 Å². The molecule has 0 bridgehead atoms. The topological polar surface area (TPSA) is 59.0 Å². The number of ether oxygens (including phenoxy) is 2. The van der Waals surface area contributed by atoms with Crippen LogP contribution in [0.2, 0.25) is 0 Å². The Morgan fingerprint density at radius 1 is 1.24 bits per heavy atom. The average molecular weight is 295 g/mol. The summed E-state index contributed by atoms with van der Waals surface area (Å²) in [5.41, 5.74) is 1.23. The zero-order valence-electron chi connectivity index (χ0n) is 13.0. The number of methoxy groups -OCH3 is 1. The Balaban J connectivity index is 2.49. The van der Waals surface area contributed by atoms with Gasteiger partial charge in [-0.05, 0) is 23.6 Å². The third-order valence-electron chi connectivity index (χ3n) is 3.20. The van der Waals surface area contributed by atoms with Crippen LogP contribution in [0.25, 0.3) is 0 Å². The summed E-state index contributed by atoms with van der Waals surface area (Å²) in [5.74, 6) is 0.979. The molecule has 1 amide bonds. The maximum atomic E-state index is 12.0. The first-order valence-electron chi connectivity index (χ1n) is 7.18. The summed E-state index contributed by atoms with van der Waals surface area (Å²) in [6, 6.07) is 7.74. The fourth-order valence-corrected chi connectivity index (χ4v) is 1.87. The van der Waals surface area contributed by atoms with E-state index in [2.05, 4.69) is 13.8 Å². The van der Waals surface area contributed by atoms with Gasteiger partial charge in [0.1, 0.15) is 5.75 Å². The van der Waals surface area contributed by atoms with E-state index in [1.54, 1.807) is 7.11 Å². The van der Waals surface area contributed by atoms with E-state index in [4.69, 9.17) is 14.6 Å². The number of benzene rings is 1. The zero-order valence-corrected chi connectivity index (χ0v) is 13.0. The van der Waals surface area contributed by atoms with Crippen molar-refractivity contribution in [2.24, 2.45) is 0 Å². The largest absolute Gasteiger partial charge is 0.484 e. The monoisotopic (exact) mass is 295 g/mol. The van der Waals surface area contributed by atoms with Crippen LogP contribution in [0.15, 0.2) is 24.3 Å².